The van der Waals surface area contributed by atoms with E-state index < -0.39 is 46.7 Å². The number of hydrogen-bond donors (Lipinski definition) is 2. The molecule has 1 rings (SSSR count). The number of hydrogen-bond acceptors (Lipinski definition) is 4. The molecule has 0 unspecified atom stereocenters. The second kappa shape index (κ2) is 5.72. The quantitative estimate of drug-likeness (QED) is 0.478. The van der Waals surface area contributed by atoms with Crippen LogP contribution >= 0.6 is 0 Å². The fraction of sp³-hybridized carbons (Fsp3) is 0.300. The van der Waals surface area contributed by atoms with Crippen molar-refractivity contribution in [2.75, 3.05) is 11.9 Å². The summed E-state index contributed by atoms with van der Waals surface area (Å²) < 4.78 is 49.3. The lowest BCUT2D eigenvalue weighted by Crippen LogP contribution is -2.35. The van der Waals surface area contributed by atoms with Crippen LogP contribution in [0.4, 0.5) is 28.9 Å². The average Bonchev–Trinajstić information content (AvgIpc) is 2.35. The molecule has 1 aromatic carbocycles. The third-order valence-corrected chi connectivity index (χ3v) is 2.28. The van der Waals surface area contributed by atoms with Gasteiger partial charge in [0.25, 0.3) is 5.69 Å². The minimum atomic E-state index is -4.35. The summed E-state index contributed by atoms with van der Waals surface area (Å²) in [5, 5.41) is 21.1. The Labute approximate surface area is 109 Å². The van der Waals surface area contributed by atoms with E-state index in [1.165, 1.54) is 0 Å². The SMILES string of the molecule is O=C(O)c1cc([N+](=O)[O-])ccc1NCC(F)(F)C(F)F. The van der Waals surface area contributed by atoms with Crippen LogP contribution in [0.1, 0.15) is 10.4 Å². The van der Waals surface area contributed by atoms with Crippen LogP contribution in [0, 0.1) is 10.1 Å². The molecule has 20 heavy (non-hydrogen) atoms. The predicted molar refractivity (Wildman–Crippen MR) is 59.5 cm³/mol. The molecule has 0 heterocycles. The number of aromatic carboxylic acids is 1. The number of nitro benzene ring substituents is 1. The van der Waals surface area contributed by atoms with Gasteiger partial charge in [-0.2, -0.15) is 8.78 Å². The number of nitrogens with one attached hydrogen (secondary N) is 1. The van der Waals surface area contributed by atoms with Gasteiger partial charge in [0.1, 0.15) is 0 Å². The van der Waals surface area contributed by atoms with Crippen LogP contribution in [-0.4, -0.2) is 34.9 Å². The van der Waals surface area contributed by atoms with Gasteiger partial charge in [-0.25, -0.2) is 13.6 Å². The average molecular weight is 296 g/mol. The lowest BCUT2D eigenvalue weighted by atomic mass is 10.1. The number of non-ortho nitro benzene ring substituents is 1. The van der Waals surface area contributed by atoms with Crippen molar-refractivity contribution < 1.29 is 32.4 Å². The normalized spacial score (nSPS) is 11.4. The molecule has 2 N–H and O–H groups in total. The maximum atomic E-state index is 12.7. The predicted octanol–water partition coefficient (Wildman–Crippen LogP) is 2.61. The first kappa shape index (κ1) is 15.7. The number of rotatable bonds is 6. The largest absolute Gasteiger partial charge is 0.478 e. The van der Waals surface area contributed by atoms with E-state index in [1.807, 2.05) is 5.32 Å². The van der Waals surface area contributed by atoms with Crippen molar-refractivity contribution >= 4 is 17.3 Å². The number of carboxylic acid groups (broad SMARTS) is 1. The van der Waals surface area contributed by atoms with Gasteiger partial charge in [0.05, 0.1) is 17.0 Å². The third kappa shape index (κ3) is 3.56. The Morgan fingerprint density at radius 1 is 1.45 bits per heavy atom. The second-order valence-corrected chi connectivity index (χ2v) is 3.71. The van der Waals surface area contributed by atoms with Crippen molar-refractivity contribution in [3.05, 3.63) is 33.9 Å². The molecule has 1 aromatic rings. The molecule has 0 atom stereocenters. The molecule has 0 saturated heterocycles. The molecular weight excluding hydrogens is 288 g/mol. The molecular formula is C10H8F4N2O4. The summed E-state index contributed by atoms with van der Waals surface area (Å²) in [6, 6.07) is 2.38. The first-order valence-corrected chi connectivity index (χ1v) is 5.06. The van der Waals surface area contributed by atoms with Gasteiger partial charge in [0.15, 0.2) is 0 Å². The van der Waals surface area contributed by atoms with Crippen LogP contribution in [0.15, 0.2) is 18.2 Å². The lowest BCUT2D eigenvalue weighted by molar-refractivity contribution is -0.384. The minimum Gasteiger partial charge on any atom is -0.478 e. The lowest BCUT2D eigenvalue weighted by Gasteiger charge is -2.17. The molecule has 0 aliphatic carbocycles. The maximum Gasteiger partial charge on any atom is 0.338 e. The molecule has 10 heteroatoms. The topological polar surface area (TPSA) is 92.5 Å². The van der Waals surface area contributed by atoms with E-state index in [-0.39, 0.29) is 0 Å². The standard InChI is InChI=1S/C10H8F4N2O4/c11-9(12)10(13,14)4-15-7-2-1-5(16(19)20)3-6(7)8(17)18/h1-3,9,15H,4H2,(H,17,18). The van der Waals surface area contributed by atoms with Crippen LogP contribution in [0.2, 0.25) is 0 Å². The van der Waals surface area contributed by atoms with Crippen molar-refractivity contribution in [1.82, 2.24) is 0 Å². The van der Waals surface area contributed by atoms with Gasteiger partial charge in [0, 0.05) is 17.8 Å². The molecule has 0 fully saturated rings. The zero-order valence-corrected chi connectivity index (χ0v) is 9.65. The summed E-state index contributed by atoms with van der Waals surface area (Å²) in [6.07, 6.45) is -3.92. The van der Waals surface area contributed by atoms with Crippen LogP contribution in [0.3, 0.4) is 0 Å². The summed E-state index contributed by atoms with van der Waals surface area (Å²) in [6.45, 7) is -1.50. The number of anilines is 1. The third-order valence-electron chi connectivity index (χ3n) is 2.28. The summed E-state index contributed by atoms with van der Waals surface area (Å²) >= 11 is 0. The Kier molecular flexibility index (Phi) is 4.48. The maximum absolute atomic E-state index is 12.7. The van der Waals surface area contributed by atoms with Crippen LogP contribution in [-0.2, 0) is 0 Å². The number of carbonyl (C=O) groups is 1. The summed E-state index contributed by atoms with van der Waals surface area (Å²) in [7, 11) is 0. The van der Waals surface area contributed by atoms with E-state index in [9.17, 15) is 32.5 Å². The first-order chi connectivity index (χ1) is 9.15. The van der Waals surface area contributed by atoms with Crippen molar-refractivity contribution in [1.29, 1.82) is 0 Å². The van der Waals surface area contributed by atoms with Gasteiger partial charge in [-0.3, -0.25) is 10.1 Å². The van der Waals surface area contributed by atoms with E-state index in [1.54, 1.807) is 0 Å². The number of halogens is 4. The second-order valence-electron chi connectivity index (χ2n) is 3.71. The van der Waals surface area contributed by atoms with Gasteiger partial charge in [-0.15, -0.1) is 0 Å². The van der Waals surface area contributed by atoms with E-state index in [0.717, 1.165) is 12.1 Å². The van der Waals surface area contributed by atoms with Crippen molar-refractivity contribution in [2.45, 2.75) is 12.3 Å². The zero-order valence-electron chi connectivity index (χ0n) is 9.65. The number of carboxylic acids is 1. The molecule has 0 amide bonds. The summed E-state index contributed by atoms with van der Waals surface area (Å²) in [4.78, 5) is 20.5. The van der Waals surface area contributed by atoms with E-state index in [4.69, 9.17) is 5.11 Å². The Bertz CT molecular complexity index is 536. The highest BCUT2D eigenvalue weighted by Gasteiger charge is 2.40. The molecule has 110 valence electrons. The molecule has 0 aromatic heterocycles. The first-order valence-electron chi connectivity index (χ1n) is 5.06. The van der Waals surface area contributed by atoms with Crippen LogP contribution in [0.5, 0.6) is 0 Å². The van der Waals surface area contributed by atoms with Gasteiger partial charge in [-0.1, -0.05) is 0 Å². The Morgan fingerprint density at radius 3 is 2.50 bits per heavy atom. The van der Waals surface area contributed by atoms with E-state index in [2.05, 4.69) is 0 Å². The number of nitro groups is 1. The van der Waals surface area contributed by atoms with Crippen molar-refractivity contribution in [3.63, 3.8) is 0 Å². The Hall–Kier alpha value is -2.39. The van der Waals surface area contributed by atoms with Gasteiger partial charge < -0.3 is 10.4 Å². The number of alkyl halides is 4. The molecule has 0 radical (unpaired) electrons. The van der Waals surface area contributed by atoms with Crippen LogP contribution in [0.25, 0.3) is 0 Å². The van der Waals surface area contributed by atoms with Crippen molar-refractivity contribution in [3.8, 4) is 0 Å². The zero-order chi connectivity index (χ0) is 15.5. The van der Waals surface area contributed by atoms with E-state index in [0.29, 0.717) is 6.07 Å². The Morgan fingerprint density at radius 2 is 2.05 bits per heavy atom. The minimum absolute atomic E-state index is 0.413. The number of nitrogens with zero attached hydrogens (tertiary/aromatic N) is 1. The highest BCUT2D eigenvalue weighted by Crippen LogP contribution is 2.26. The highest BCUT2D eigenvalue weighted by molar-refractivity contribution is 5.95. The smallest absolute Gasteiger partial charge is 0.338 e. The monoisotopic (exact) mass is 296 g/mol. The molecule has 0 saturated carbocycles. The van der Waals surface area contributed by atoms with Crippen molar-refractivity contribution in [2.24, 2.45) is 0 Å². The summed E-state index contributed by atoms with van der Waals surface area (Å²) in [5.41, 5.74) is -1.64. The molecule has 0 aliphatic rings. The Balaban J connectivity index is 3.01. The molecule has 0 bridgehead atoms. The van der Waals surface area contributed by atoms with Gasteiger partial charge in [0.2, 0.25) is 0 Å². The summed E-state index contributed by atoms with van der Waals surface area (Å²) in [5.74, 6) is -5.96. The fourth-order valence-corrected chi connectivity index (χ4v) is 1.27. The highest BCUT2D eigenvalue weighted by atomic mass is 19.3. The molecule has 6 nitrogen and oxygen atoms in total. The molecule has 0 aliphatic heterocycles. The fourth-order valence-electron chi connectivity index (χ4n) is 1.27. The molecule has 0 spiro atoms. The van der Waals surface area contributed by atoms with E-state index >= 15 is 0 Å². The number of benzene rings is 1. The van der Waals surface area contributed by atoms with Gasteiger partial charge in [-0.05, 0) is 6.07 Å². The van der Waals surface area contributed by atoms with Crippen LogP contribution < -0.4 is 5.32 Å². The van der Waals surface area contributed by atoms with Gasteiger partial charge >= 0.3 is 18.3 Å².